The van der Waals surface area contributed by atoms with Gasteiger partial charge in [0.2, 0.25) is 0 Å². The van der Waals surface area contributed by atoms with Crippen molar-refractivity contribution in [2.45, 2.75) is 73.3 Å². The van der Waals surface area contributed by atoms with Crippen LogP contribution in [0.5, 0.6) is 0 Å². The number of rotatable bonds is 0. The third kappa shape index (κ3) is 5.66. The molecule has 0 radical (unpaired) electrons. The molecule has 2 atom stereocenters. The Morgan fingerprint density at radius 2 is 1.15 bits per heavy atom. The maximum absolute atomic E-state index is 6.26. The van der Waals surface area contributed by atoms with Crippen molar-refractivity contribution in [2.24, 2.45) is 17.6 Å². The van der Waals surface area contributed by atoms with Crippen LogP contribution in [0.2, 0.25) is 0 Å². The number of fused-ring (bicyclic) bond motifs is 2. The quantitative estimate of drug-likeness (QED) is 0.550. The van der Waals surface area contributed by atoms with Crippen molar-refractivity contribution in [3.63, 3.8) is 0 Å². The molecule has 0 spiro atoms. The van der Waals surface area contributed by atoms with Crippen LogP contribution in [-0.2, 0) is 0 Å². The lowest BCUT2D eigenvalue weighted by Crippen LogP contribution is -2.29. The highest BCUT2D eigenvalue weighted by Crippen LogP contribution is 2.43. The highest BCUT2D eigenvalue weighted by molar-refractivity contribution is 5.33. The van der Waals surface area contributed by atoms with Gasteiger partial charge in [-0.2, -0.15) is 0 Å². The standard InChI is InChI=1S/C13H21N.2C2H6.C2H4/c1-3-9-7-11-5-6-12(13(11)14)8-10(9)4-2;3*1-2/h3-4,11-13H,5-8,14H2,1-2H3;2*1-2H3;1-2H2/b9-3-,10-4-;;;. The van der Waals surface area contributed by atoms with E-state index in [0.29, 0.717) is 6.04 Å². The summed E-state index contributed by atoms with van der Waals surface area (Å²) in [4.78, 5) is 0. The minimum Gasteiger partial charge on any atom is -0.327 e. The molecule has 0 heterocycles. The van der Waals surface area contributed by atoms with Gasteiger partial charge in [-0.3, -0.25) is 0 Å². The SMILES string of the molecule is C/C=C1/CC2CCC(C/C1=C/C)C2N.C=C.CC.CC. The molecule has 1 nitrogen and oxygen atoms in total. The number of nitrogens with two attached hydrogens (primary N) is 1. The summed E-state index contributed by atoms with van der Waals surface area (Å²) in [5.41, 5.74) is 9.37. The first-order valence-electron chi connectivity index (χ1n) is 8.32. The van der Waals surface area contributed by atoms with Gasteiger partial charge in [0.15, 0.2) is 0 Å². The summed E-state index contributed by atoms with van der Waals surface area (Å²) >= 11 is 0. The van der Waals surface area contributed by atoms with Crippen LogP contribution in [0.3, 0.4) is 0 Å². The van der Waals surface area contributed by atoms with Crippen molar-refractivity contribution in [1.82, 2.24) is 0 Å². The minimum absolute atomic E-state index is 0.461. The molecule has 118 valence electrons. The zero-order chi connectivity index (χ0) is 16.1. The Kier molecular flexibility index (Phi) is 14.2. The molecular formula is C19H37N. The van der Waals surface area contributed by atoms with Gasteiger partial charge in [-0.25, -0.2) is 0 Å². The third-order valence-corrected chi connectivity index (χ3v) is 4.07. The molecule has 1 heteroatoms. The van der Waals surface area contributed by atoms with E-state index in [0.717, 1.165) is 11.8 Å². The minimum atomic E-state index is 0.461. The van der Waals surface area contributed by atoms with E-state index >= 15 is 0 Å². The Hall–Kier alpha value is -0.820. The number of allylic oxidation sites excluding steroid dienone is 4. The number of hydrogen-bond acceptors (Lipinski definition) is 1. The Morgan fingerprint density at radius 1 is 0.850 bits per heavy atom. The van der Waals surface area contributed by atoms with Crippen LogP contribution < -0.4 is 5.73 Å². The number of hydrogen-bond donors (Lipinski definition) is 1. The van der Waals surface area contributed by atoms with Crippen molar-refractivity contribution < 1.29 is 0 Å². The summed E-state index contributed by atoms with van der Waals surface area (Å²) in [5.74, 6) is 1.51. The lowest BCUT2D eigenvalue weighted by molar-refractivity contribution is 0.426. The van der Waals surface area contributed by atoms with Crippen LogP contribution in [0, 0.1) is 11.8 Å². The lowest BCUT2D eigenvalue weighted by atomic mass is 9.91. The fraction of sp³-hybridized carbons (Fsp3) is 0.684. The molecule has 0 aromatic carbocycles. The Labute approximate surface area is 128 Å². The smallest absolute Gasteiger partial charge is 0.0102 e. The van der Waals surface area contributed by atoms with Gasteiger partial charge in [-0.15, -0.1) is 13.2 Å². The highest BCUT2D eigenvalue weighted by Gasteiger charge is 2.37. The van der Waals surface area contributed by atoms with Gasteiger partial charge in [-0.05, 0) is 62.5 Å². The molecule has 2 N–H and O–H groups in total. The van der Waals surface area contributed by atoms with Crippen molar-refractivity contribution in [1.29, 1.82) is 0 Å². The molecule has 2 rings (SSSR count). The summed E-state index contributed by atoms with van der Waals surface area (Å²) < 4.78 is 0. The van der Waals surface area contributed by atoms with E-state index in [4.69, 9.17) is 5.73 Å². The first-order chi connectivity index (χ1) is 9.76. The van der Waals surface area contributed by atoms with Crippen LogP contribution in [0.25, 0.3) is 0 Å². The molecule has 2 saturated carbocycles. The topological polar surface area (TPSA) is 26.0 Å². The van der Waals surface area contributed by atoms with E-state index in [1.807, 2.05) is 27.7 Å². The highest BCUT2D eigenvalue weighted by atomic mass is 14.7. The first-order valence-corrected chi connectivity index (χ1v) is 8.32. The van der Waals surface area contributed by atoms with Crippen LogP contribution in [0.4, 0.5) is 0 Å². The molecule has 2 aliphatic rings. The van der Waals surface area contributed by atoms with Crippen LogP contribution in [0.1, 0.15) is 67.2 Å². The first kappa shape index (κ1) is 21.5. The molecular weight excluding hydrogens is 242 g/mol. The summed E-state index contributed by atoms with van der Waals surface area (Å²) in [5, 5.41) is 0. The van der Waals surface area contributed by atoms with Gasteiger partial charge < -0.3 is 5.73 Å². The molecule has 0 aromatic heterocycles. The maximum atomic E-state index is 6.26. The van der Waals surface area contributed by atoms with Crippen molar-refractivity contribution >= 4 is 0 Å². The molecule has 2 bridgehead atoms. The molecule has 0 aliphatic heterocycles. The summed E-state index contributed by atoms with van der Waals surface area (Å²) in [6.07, 6.45) is 9.69. The fourth-order valence-electron chi connectivity index (χ4n) is 3.11. The van der Waals surface area contributed by atoms with Gasteiger partial charge in [-0.1, -0.05) is 39.8 Å². The van der Waals surface area contributed by atoms with E-state index in [1.54, 1.807) is 11.1 Å². The summed E-state index contributed by atoms with van der Waals surface area (Å²) in [6.45, 7) is 18.3. The van der Waals surface area contributed by atoms with Crippen LogP contribution in [-0.4, -0.2) is 6.04 Å². The molecule has 2 aliphatic carbocycles. The fourth-order valence-corrected chi connectivity index (χ4v) is 3.11. The lowest BCUT2D eigenvalue weighted by Gasteiger charge is -2.15. The largest absolute Gasteiger partial charge is 0.327 e. The van der Waals surface area contributed by atoms with Gasteiger partial charge >= 0.3 is 0 Å². The summed E-state index contributed by atoms with van der Waals surface area (Å²) in [6, 6.07) is 0.461. The van der Waals surface area contributed by atoms with Crippen molar-refractivity contribution in [2.75, 3.05) is 0 Å². The molecule has 2 unspecified atom stereocenters. The predicted octanol–water partition coefficient (Wildman–Crippen LogP) is 5.88. The molecule has 0 saturated heterocycles. The second-order valence-corrected chi connectivity index (χ2v) is 4.71. The average Bonchev–Trinajstić information content (AvgIpc) is 2.80. The average molecular weight is 280 g/mol. The van der Waals surface area contributed by atoms with E-state index in [1.165, 1.54) is 25.7 Å². The molecule has 20 heavy (non-hydrogen) atoms. The molecule has 2 fully saturated rings. The molecule has 0 aromatic rings. The van der Waals surface area contributed by atoms with Crippen LogP contribution >= 0.6 is 0 Å². The molecule has 0 amide bonds. The zero-order valence-electron chi connectivity index (χ0n) is 14.7. The Balaban J connectivity index is 0. The predicted molar refractivity (Wildman–Crippen MR) is 94.9 cm³/mol. The van der Waals surface area contributed by atoms with E-state index in [2.05, 4.69) is 39.2 Å². The van der Waals surface area contributed by atoms with Crippen molar-refractivity contribution in [3.05, 3.63) is 36.5 Å². The van der Waals surface area contributed by atoms with E-state index in [-0.39, 0.29) is 0 Å². The zero-order valence-corrected chi connectivity index (χ0v) is 14.7. The van der Waals surface area contributed by atoms with Gasteiger partial charge in [0.05, 0.1) is 0 Å². The normalized spacial score (nSPS) is 31.1. The second-order valence-electron chi connectivity index (χ2n) is 4.71. The van der Waals surface area contributed by atoms with E-state index in [9.17, 15) is 0 Å². The van der Waals surface area contributed by atoms with Gasteiger partial charge in [0.1, 0.15) is 0 Å². The second kappa shape index (κ2) is 13.2. The summed E-state index contributed by atoms with van der Waals surface area (Å²) in [7, 11) is 0. The third-order valence-electron chi connectivity index (χ3n) is 4.07. The Bertz CT molecular complexity index is 260. The monoisotopic (exact) mass is 279 g/mol. The van der Waals surface area contributed by atoms with Crippen molar-refractivity contribution in [3.8, 4) is 0 Å². The van der Waals surface area contributed by atoms with E-state index < -0.39 is 0 Å². The Morgan fingerprint density at radius 3 is 1.40 bits per heavy atom. The van der Waals surface area contributed by atoms with Crippen LogP contribution in [0.15, 0.2) is 36.5 Å². The maximum Gasteiger partial charge on any atom is 0.0102 e. The van der Waals surface area contributed by atoms with Gasteiger partial charge in [0.25, 0.3) is 0 Å². The van der Waals surface area contributed by atoms with Gasteiger partial charge in [0, 0.05) is 6.04 Å².